The van der Waals surface area contributed by atoms with Crippen molar-refractivity contribution in [2.24, 2.45) is 0 Å². The minimum atomic E-state index is -0.256. The number of carbonyl (C=O) groups excluding carboxylic acids is 1. The summed E-state index contributed by atoms with van der Waals surface area (Å²) in [6.07, 6.45) is 2.60. The highest BCUT2D eigenvalue weighted by Crippen LogP contribution is 2.24. The molecule has 0 N–H and O–H groups in total. The molecular weight excluding hydrogens is 423 g/mol. The third kappa shape index (κ3) is 4.87. The first-order valence-electron chi connectivity index (χ1n) is 11.9. The molecule has 1 aliphatic rings. The van der Waals surface area contributed by atoms with E-state index in [0.29, 0.717) is 12.1 Å². The van der Waals surface area contributed by atoms with E-state index >= 15 is 0 Å². The summed E-state index contributed by atoms with van der Waals surface area (Å²) in [5, 5.41) is 2.41. The summed E-state index contributed by atoms with van der Waals surface area (Å²) >= 11 is 0. The molecule has 0 aliphatic carbocycles. The Bertz CT molecular complexity index is 1290. The quantitative estimate of drug-likeness (QED) is 0.333. The summed E-state index contributed by atoms with van der Waals surface area (Å²) in [5.41, 5.74) is 5.01. The van der Waals surface area contributed by atoms with Crippen LogP contribution in [0.2, 0.25) is 0 Å². The molecule has 0 saturated carbocycles. The first kappa shape index (κ1) is 22.3. The third-order valence-electron chi connectivity index (χ3n) is 6.70. The molecule has 3 nitrogen and oxygen atoms in total. The molecule has 0 radical (unpaired) electrons. The molecule has 0 atom stereocenters. The van der Waals surface area contributed by atoms with Crippen molar-refractivity contribution in [2.45, 2.75) is 25.9 Å². The van der Waals surface area contributed by atoms with Crippen LogP contribution in [0.3, 0.4) is 0 Å². The molecule has 1 fully saturated rings. The van der Waals surface area contributed by atoms with Crippen LogP contribution in [0.5, 0.6) is 0 Å². The van der Waals surface area contributed by atoms with Crippen molar-refractivity contribution in [1.29, 1.82) is 0 Å². The summed E-state index contributed by atoms with van der Waals surface area (Å²) in [6, 6.07) is 26.9. The Morgan fingerprint density at radius 2 is 1.56 bits per heavy atom. The number of amides is 1. The molecule has 5 rings (SSSR count). The van der Waals surface area contributed by atoms with Gasteiger partial charge in [0, 0.05) is 25.7 Å². The molecule has 0 spiro atoms. The zero-order valence-electron chi connectivity index (χ0n) is 19.5. The van der Waals surface area contributed by atoms with E-state index in [4.69, 9.17) is 0 Å². The molecule has 1 aliphatic heterocycles. The van der Waals surface area contributed by atoms with Crippen LogP contribution in [-0.4, -0.2) is 35.8 Å². The van der Waals surface area contributed by atoms with E-state index in [9.17, 15) is 9.18 Å². The van der Waals surface area contributed by atoms with E-state index in [1.807, 2.05) is 31.3 Å². The lowest BCUT2D eigenvalue weighted by atomic mass is 10.0. The normalized spacial score (nSPS) is 13.9. The number of fused-ring (bicyclic) bond motifs is 1. The van der Waals surface area contributed by atoms with Gasteiger partial charge < -0.3 is 4.90 Å². The lowest BCUT2D eigenvalue weighted by Gasteiger charge is -2.19. The molecule has 1 amide bonds. The van der Waals surface area contributed by atoms with Crippen molar-refractivity contribution in [2.75, 3.05) is 20.1 Å². The van der Waals surface area contributed by atoms with Crippen LogP contribution in [0.4, 0.5) is 4.39 Å². The van der Waals surface area contributed by atoms with Crippen LogP contribution in [0.1, 0.15) is 34.3 Å². The molecule has 34 heavy (non-hydrogen) atoms. The summed E-state index contributed by atoms with van der Waals surface area (Å²) in [4.78, 5) is 17.4. The Morgan fingerprint density at radius 3 is 2.26 bits per heavy atom. The van der Waals surface area contributed by atoms with Gasteiger partial charge in [0.1, 0.15) is 5.82 Å². The monoisotopic (exact) mass is 452 g/mol. The number of hydrogen-bond acceptors (Lipinski definition) is 2. The maximum atomic E-state index is 13.2. The molecular formula is C30H29FN2O. The Labute approximate surface area is 200 Å². The molecule has 1 saturated heterocycles. The standard InChI is InChI=1S/C30H29FN2O/c1-32(30(34)25-10-8-23(9-11-25)24-12-14-28(31)15-13-24)21-27-6-4-5-26-19-22(7-16-29(26)27)20-33-17-2-3-18-33/h4-16,19H,2-3,17-18,20-21H2,1H3. The van der Waals surface area contributed by atoms with Crippen LogP contribution in [-0.2, 0) is 13.1 Å². The first-order valence-corrected chi connectivity index (χ1v) is 11.9. The predicted octanol–water partition coefficient (Wildman–Crippen LogP) is 6.51. The molecule has 4 heteroatoms. The third-order valence-corrected chi connectivity index (χ3v) is 6.70. The second kappa shape index (κ2) is 9.78. The van der Waals surface area contributed by atoms with E-state index in [1.54, 1.807) is 17.0 Å². The smallest absolute Gasteiger partial charge is 0.253 e. The van der Waals surface area contributed by atoms with Gasteiger partial charge in [0.05, 0.1) is 0 Å². The van der Waals surface area contributed by atoms with E-state index < -0.39 is 0 Å². The summed E-state index contributed by atoms with van der Waals surface area (Å²) in [6.45, 7) is 3.93. The second-order valence-electron chi connectivity index (χ2n) is 9.20. The fraction of sp³-hybridized carbons (Fsp3) is 0.233. The molecule has 0 bridgehead atoms. The summed E-state index contributed by atoms with van der Waals surface area (Å²) < 4.78 is 13.2. The van der Waals surface area contributed by atoms with Gasteiger partial charge >= 0.3 is 0 Å². The average molecular weight is 453 g/mol. The number of hydrogen-bond donors (Lipinski definition) is 0. The first-order chi connectivity index (χ1) is 16.6. The van der Waals surface area contributed by atoms with Crippen LogP contribution in [0.15, 0.2) is 84.9 Å². The fourth-order valence-electron chi connectivity index (χ4n) is 4.83. The van der Waals surface area contributed by atoms with Gasteiger partial charge in [-0.1, -0.05) is 54.6 Å². The molecule has 4 aromatic rings. The van der Waals surface area contributed by atoms with Gasteiger partial charge in [0.15, 0.2) is 0 Å². The number of nitrogens with zero attached hydrogens (tertiary/aromatic N) is 2. The highest BCUT2D eigenvalue weighted by atomic mass is 19.1. The van der Waals surface area contributed by atoms with Crippen LogP contribution in [0, 0.1) is 5.82 Å². The second-order valence-corrected chi connectivity index (χ2v) is 9.20. The largest absolute Gasteiger partial charge is 0.337 e. The van der Waals surface area contributed by atoms with Crippen molar-refractivity contribution in [3.05, 3.63) is 107 Å². The van der Waals surface area contributed by atoms with Gasteiger partial charge in [-0.05, 0) is 89.3 Å². The lowest BCUT2D eigenvalue weighted by Crippen LogP contribution is -2.26. The Kier molecular flexibility index (Phi) is 6.41. The minimum absolute atomic E-state index is 0.0201. The molecule has 172 valence electrons. The maximum absolute atomic E-state index is 13.2. The number of rotatable bonds is 6. The minimum Gasteiger partial charge on any atom is -0.337 e. The Hall–Kier alpha value is -3.50. The van der Waals surface area contributed by atoms with E-state index in [-0.39, 0.29) is 11.7 Å². The van der Waals surface area contributed by atoms with E-state index in [0.717, 1.165) is 23.2 Å². The Morgan fingerprint density at radius 1 is 0.882 bits per heavy atom. The van der Waals surface area contributed by atoms with Crippen molar-refractivity contribution >= 4 is 16.7 Å². The number of likely N-dealkylation sites (tertiary alicyclic amines) is 1. The van der Waals surface area contributed by atoms with E-state index in [1.165, 1.54) is 54.4 Å². The van der Waals surface area contributed by atoms with Crippen molar-refractivity contribution in [1.82, 2.24) is 9.80 Å². The zero-order chi connectivity index (χ0) is 23.5. The number of carbonyl (C=O) groups is 1. The molecule has 1 heterocycles. The number of halogens is 1. The summed E-state index contributed by atoms with van der Waals surface area (Å²) in [7, 11) is 1.84. The van der Waals surface area contributed by atoms with Crippen molar-refractivity contribution < 1.29 is 9.18 Å². The van der Waals surface area contributed by atoms with Crippen molar-refractivity contribution in [3.8, 4) is 11.1 Å². The van der Waals surface area contributed by atoms with Gasteiger partial charge in [0.2, 0.25) is 0 Å². The Balaban J connectivity index is 1.30. The van der Waals surface area contributed by atoms with Gasteiger partial charge in [-0.3, -0.25) is 9.69 Å². The van der Waals surface area contributed by atoms with Crippen LogP contribution >= 0.6 is 0 Å². The van der Waals surface area contributed by atoms with Crippen LogP contribution in [0.25, 0.3) is 21.9 Å². The van der Waals surface area contributed by atoms with Gasteiger partial charge in [-0.15, -0.1) is 0 Å². The topological polar surface area (TPSA) is 23.6 Å². The van der Waals surface area contributed by atoms with Gasteiger partial charge in [-0.2, -0.15) is 0 Å². The average Bonchev–Trinajstić information content (AvgIpc) is 3.37. The molecule has 0 unspecified atom stereocenters. The SMILES string of the molecule is CN(Cc1cccc2cc(CN3CCCC3)ccc12)C(=O)c1ccc(-c2ccc(F)cc2)cc1. The van der Waals surface area contributed by atoms with E-state index in [2.05, 4.69) is 41.3 Å². The zero-order valence-corrected chi connectivity index (χ0v) is 19.5. The molecule has 4 aromatic carbocycles. The highest BCUT2D eigenvalue weighted by Gasteiger charge is 2.15. The van der Waals surface area contributed by atoms with Gasteiger partial charge in [0.25, 0.3) is 5.91 Å². The highest BCUT2D eigenvalue weighted by molar-refractivity contribution is 5.95. The predicted molar refractivity (Wildman–Crippen MR) is 136 cm³/mol. The summed E-state index contributed by atoms with van der Waals surface area (Å²) in [5.74, 6) is -0.276. The van der Waals surface area contributed by atoms with Crippen molar-refractivity contribution in [3.63, 3.8) is 0 Å². The number of benzene rings is 4. The molecule has 0 aromatic heterocycles. The maximum Gasteiger partial charge on any atom is 0.253 e. The lowest BCUT2D eigenvalue weighted by molar-refractivity contribution is 0.0785. The van der Waals surface area contributed by atoms with Crippen LogP contribution < -0.4 is 0 Å². The van der Waals surface area contributed by atoms with Gasteiger partial charge in [-0.25, -0.2) is 4.39 Å². The fourth-order valence-corrected chi connectivity index (χ4v) is 4.83.